The van der Waals surface area contributed by atoms with Crippen LogP contribution in [0.2, 0.25) is 0 Å². The molecule has 1 fully saturated rings. The van der Waals surface area contributed by atoms with Gasteiger partial charge in [0.2, 0.25) is 0 Å². The number of aliphatic hydroxyl groups excluding tert-OH is 5. The quantitative estimate of drug-likeness (QED) is 0.185. The second-order valence-electron chi connectivity index (χ2n) is 7.55. The van der Waals surface area contributed by atoms with Gasteiger partial charge in [0, 0.05) is 6.42 Å². The van der Waals surface area contributed by atoms with Crippen LogP contribution in [-0.2, 0) is 19.0 Å². The van der Waals surface area contributed by atoms with Crippen LogP contribution >= 0.6 is 0 Å². The molecule has 5 N–H and O–H groups in total. The summed E-state index contributed by atoms with van der Waals surface area (Å²) in [7, 11) is 0. The van der Waals surface area contributed by atoms with E-state index in [1.165, 1.54) is 32.1 Å². The summed E-state index contributed by atoms with van der Waals surface area (Å²) >= 11 is 0. The molecule has 0 aromatic carbocycles. The monoisotopic (exact) mass is 422 g/mol. The molecule has 1 saturated heterocycles. The van der Waals surface area contributed by atoms with Gasteiger partial charge in [-0.05, 0) is 6.42 Å². The van der Waals surface area contributed by atoms with Crippen LogP contribution in [0.4, 0.5) is 0 Å². The van der Waals surface area contributed by atoms with Crippen molar-refractivity contribution in [3.63, 3.8) is 0 Å². The van der Waals surface area contributed by atoms with E-state index in [-0.39, 0.29) is 13.0 Å². The summed E-state index contributed by atoms with van der Waals surface area (Å²) < 4.78 is 15.7. The minimum Gasteiger partial charge on any atom is -0.463 e. The summed E-state index contributed by atoms with van der Waals surface area (Å²) in [5.41, 5.74) is 0. The van der Waals surface area contributed by atoms with Gasteiger partial charge in [-0.15, -0.1) is 0 Å². The molecule has 0 unspecified atom stereocenters. The Kier molecular flexibility index (Phi) is 13.6. The number of unbranched alkanes of at least 4 members (excludes halogenated alkanes) is 7. The van der Waals surface area contributed by atoms with E-state index in [9.17, 15) is 30.3 Å². The molecule has 0 aromatic rings. The number of rotatable bonds is 15. The summed E-state index contributed by atoms with van der Waals surface area (Å²) in [4.78, 5) is 11.8. The van der Waals surface area contributed by atoms with Gasteiger partial charge < -0.3 is 39.7 Å². The molecule has 9 heteroatoms. The van der Waals surface area contributed by atoms with E-state index in [0.29, 0.717) is 0 Å². The highest BCUT2D eigenvalue weighted by Crippen LogP contribution is 2.23. The molecule has 172 valence electrons. The number of aliphatic hydroxyl groups is 5. The maximum Gasteiger partial charge on any atom is 0.305 e. The summed E-state index contributed by atoms with van der Waals surface area (Å²) in [5.74, 6) is -0.396. The van der Waals surface area contributed by atoms with Crippen molar-refractivity contribution in [3.8, 4) is 0 Å². The van der Waals surface area contributed by atoms with Gasteiger partial charge >= 0.3 is 5.97 Å². The van der Waals surface area contributed by atoms with Crippen LogP contribution in [0.15, 0.2) is 0 Å². The van der Waals surface area contributed by atoms with Crippen LogP contribution in [0.3, 0.4) is 0 Å². The van der Waals surface area contributed by atoms with Crippen molar-refractivity contribution < 1.29 is 44.5 Å². The molecule has 29 heavy (non-hydrogen) atoms. The lowest BCUT2D eigenvalue weighted by Crippen LogP contribution is -2.60. The first-order chi connectivity index (χ1) is 13.9. The molecule has 0 aromatic heterocycles. The van der Waals surface area contributed by atoms with Crippen molar-refractivity contribution in [3.05, 3.63) is 0 Å². The second-order valence-corrected chi connectivity index (χ2v) is 7.55. The normalized spacial score (nSPS) is 28.3. The van der Waals surface area contributed by atoms with Gasteiger partial charge in [-0.25, -0.2) is 0 Å². The molecule has 0 aliphatic carbocycles. The topological polar surface area (TPSA) is 146 Å². The molecular formula is C20H38O9. The number of carbonyl (C=O) groups is 1. The number of hydrogen-bond acceptors (Lipinski definition) is 9. The van der Waals surface area contributed by atoms with E-state index in [1.54, 1.807) is 0 Å². The van der Waals surface area contributed by atoms with Gasteiger partial charge in [0.25, 0.3) is 0 Å². The minimum absolute atomic E-state index is 0.235. The summed E-state index contributed by atoms with van der Waals surface area (Å²) in [6.07, 6.45) is 1.13. The smallest absolute Gasteiger partial charge is 0.305 e. The van der Waals surface area contributed by atoms with Gasteiger partial charge in [-0.1, -0.05) is 51.9 Å². The van der Waals surface area contributed by atoms with Crippen molar-refractivity contribution in [1.82, 2.24) is 0 Å². The van der Waals surface area contributed by atoms with Crippen LogP contribution in [0, 0.1) is 0 Å². The van der Waals surface area contributed by atoms with Gasteiger partial charge in [0.15, 0.2) is 6.29 Å². The summed E-state index contributed by atoms with van der Waals surface area (Å²) in [6.45, 7) is 0.867. The molecule has 1 aliphatic heterocycles. The number of esters is 1. The Balaban J connectivity index is 2.25. The van der Waals surface area contributed by atoms with E-state index < -0.39 is 56.0 Å². The van der Waals surface area contributed by atoms with Crippen molar-refractivity contribution in [1.29, 1.82) is 0 Å². The highest BCUT2D eigenvalue weighted by Gasteiger charge is 2.44. The Bertz CT molecular complexity index is 432. The Hall–Kier alpha value is -0.810. The fraction of sp³-hybridized carbons (Fsp3) is 0.950. The van der Waals surface area contributed by atoms with E-state index in [4.69, 9.17) is 14.2 Å². The number of ether oxygens (including phenoxy) is 3. The molecule has 0 spiro atoms. The average Bonchev–Trinajstić information content (AvgIpc) is 2.72. The van der Waals surface area contributed by atoms with Gasteiger partial charge in [-0.3, -0.25) is 4.79 Å². The van der Waals surface area contributed by atoms with E-state index in [0.717, 1.165) is 19.3 Å². The zero-order chi connectivity index (χ0) is 21.6. The second kappa shape index (κ2) is 15.1. The number of hydrogen-bond donors (Lipinski definition) is 5. The predicted molar refractivity (Wildman–Crippen MR) is 104 cm³/mol. The zero-order valence-corrected chi connectivity index (χ0v) is 17.3. The fourth-order valence-corrected chi connectivity index (χ4v) is 3.17. The molecule has 9 nitrogen and oxygen atoms in total. The van der Waals surface area contributed by atoms with Crippen LogP contribution < -0.4 is 0 Å². The van der Waals surface area contributed by atoms with Crippen molar-refractivity contribution in [2.45, 2.75) is 102 Å². The van der Waals surface area contributed by atoms with Crippen molar-refractivity contribution >= 4 is 5.97 Å². The molecule has 1 heterocycles. The maximum atomic E-state index is 11.8. The first kappa shape index (κ1) is 26.2. The average molecular weight is 423 g/mol. The van der Waals surface area contributed by atoms with Crippen LogP contribution in [0.25, 0.3) is 0 Å². The third kappa shape index (κ3) is 9.69. The summed E-state index contributed by atoms with van der Waals surface area (Å²) in [6, 6.07) is 0. The Labute approximate surface area is 172 Å². The van der Waals surface area contributed by atoms with E-state index in [2.05, 4.69) is 6.92 Å². The SMILES string of the molecule is CCCCCCCCCCC(=O)OC[C@H](CO)O[C@@H]1O[C@H](CO)[C@H](O)[C@H](O)[C@H]1O. The maximum absolute atomic E-state index is 11.8. The van der Waals surface area contributed by atoms with Crippen molar-refractivity contribution in [2.24, 2.45) is 0 Å². The third-order valence-electron chi connectivity index (χ3n) is 5.04. The Morgan fingerprint density at radius 3 is 2.14 bits per heavy atom. The third-order valence-corrected chi connectivity index (χ3v) is 5.04. The molecule has 0 amide bonds. The lowest BCUT2D eigenvalue weighted by Gasteiger charge is -2.40. The van der Waals surface area contributed by atoms with Crippen molar-refractivity contribution in [2.75, 3.05) is 19.8 Å². The van der Waals surface area contributed by atoms with Gasteiger partial charge in [-0.2, -0.15) is 0 Å². The van der Waals surface area contributed by atoms with E-state index >= 15 is 0 Å². The molecule has 0 bridgehead atoms. The largest absolute Gasteiger partial charge is 0.463 e. The highest BCUT2D eigenvalue weighted by atomic mass is 16.7. The Morgan fingerprint density at radius 2 is 1.55 bits per heavy atom. The van der Waals surface area contributed by atoms with E-state index in [1.807, 2.05) is 0 Å². The Morgan fingerprint density at radius 1 is 0.931 bits per heavy atom. The van der Waals surface area contributed by atoms with Crippen LogP contribution in [0.1, 0.15) is 64.7 Å². The predicted octanol–water partition coefficient (Wildman–Crippen LogP) is 0.238. The standard InChI is InChI=1S/C20H38O9/c1-2-3-4-5-6-7-8-9-10-16(23)27-13-14(11-21)28-20-19(26)18(25)17(24)15(12-22)29-20/h14-15,17-22,24-26H,2-13H2,1H3/t14-,15+,17-,18-,19+,20+/m0/s1. The van der Waals surface area contributed by atoms with Crippen LogP contribution in [0.5, 0.6) is 0 Å². The molecule has 6 atom stereocenters. The van der Waals surface area contributed by atoms with Crippen LogP contribution in [-0.4, -0.2) is 88.1 Å². The lowest BCUT2D eigenvalue weighted by atomic mass is 9.99. The molecule has 0 radical (unpaired) electrons. The molecule has 1 aliphatic rings. The highest BCUT2D eigenvalue weighted by molar-refractivity contribution is 5.69. The first-order valence-corrected chi connectivity index (χ1v) is 10.7. The zero-order valence-electron chi connectivity index (χ0n) is 17.3. The lowest BCUT2D eigenvalue weighted by molar-refractivity contribution is -0.315. The molecular weight excluding hydrogens is 384 g/mol. The summed E-state index contributed by atoms with van der Waals surface area (Å²) in [5, 5.41) is 48.0. The minimum atomic E-state index is -1.57. The molecule has 1 rings (SSSR count). The molecule has 0 saturated carbocycles. The van der Waals surface area contributed by atoms with Gasteiger partial charge in [0.1, 0.15) is 37.1 Å². The number of carbonyl (C=O) groups excluding carboxylic acids is 1. The van der Waals surface area contributed by atoms with Gasteiger partial charge in [0.05, 0.1) is 13.2 Å². The fourth-order valence-electron chi connectivity index (χ4n) is 3.17. The first-order valence-electron chi connectivity index (χ1n) is 10.7.